The van der Waals surface area contributed by atoms with E-state index < -0.39 is 0 Å². The van der Waals surface area contributed by atoms with Gasteiger partial charge in [-0.25, -0.2) is 0 Å². The molecule has 1 aliphatic rings. The Morgan fingerprint density at radius 2 is 1.94 bits per heavy atom. The maximum atomic E-state index is 11.8. The molecule has 94 valence electrons. The van der Waals surface area contributed by atoms with Crippen LogP contribution in [-0.4, -0.2) is 30.3 Å². The van der Waals surface area contributed by atoms with Crippen LogP contribution in [0.2, 0.25) is 0 Å². The number of rotatable bonds is 6. The van der Waals surface area contributed by atoms with Crippen molar-refractivity contribution < 1.29 is 4.79 Å². The molecule has 0 aliphatic heterocycles. The van der Waals surface area contributed by atoms with Gasteiger partial charge in [-0.1, -0.05) is 34.1 Å². The van der Waals surface area contributed by atoms with Crippen LogP contribution in [0.3, 0.4) is 0 Å². The van der Waals surface area contributed by atoms with Crippen molar-refractivity contribution in [1.82, 2.24) is 4.90 Å². The van der Waals surface area contributed by atoms with Gasteiger partial charge in [0.1, 0.15) is 5.78 Å². The normalized spacial score (nSPS) is 17.6. The van der Waals surface area contributed by atoms with Gasteiger partial charge >= 0.3 is 0 Å². The van der Waals surface area contributed by atoms with Gasteiger partial charge in [-0.15, -0.1) is 0 Å². The molecule has 0 radical (unpaired) electrons. The Morgan fingerprint density at radius 3 is 2.31 bits per heavy atom. The maximum absolute atomic E-state index is 11.8. The largest absolute Gasteiger partial charge is 0.303 e. The molecule has 0 bridgehead atoms. The van der Waals surface area contributed by atoms with E-state index in [0.717, 1.165) is 19.0 Å². The first kappa shape index (κ1) is 13.7. The molecule has 0 heterocycles. The highest BCUT2D eigenvalue weighted by atomic mass is 16.1. The summed E-state index contributed by atoms with van der Waals surface area (Å²) in [6.45, 7) is 11.5. The van der Waals surface area contributed by atoms with Gasteiger partial charge in [0.15, 0.2) is 0 Å². The summed E-state index contributed by atoms with van der Waals surface area (Å²) in [6, 6.07) is 0. The van der Waals surface area contributed by atoms with Crippen LogP contribution in [0.5, 0.6) is 0 Å². The average molecular weight is 225 g/mol. The van der Waals surface area contributed by atoms with E-state index in [0.29, 0.717) is 12.2 Å². The molecule has 2 nitrogen and oxygen atoms in total. The minimum absolute atomic E-state index is 0.171. The number of nitrogens with zero attached hydrogens (tertiary/aromatic N) is 1. The van der Waals surface area contributed by atoms with Crippen LogP contribution in [0.4, 0.5) is 0 Å². The Kier molecular flexibility index (Phi) is 4.97. The molecule has 0 unspecified atom stereocenters. The third kappa shape index (κ3) is 4.25. The second kappa shape index (κ2) is 5.81. The van der Waals surface area contributed by atoms with E-state index in [1.807, 2.05) is 20.8 Å². The third-order valence-corrected chi connectivity index (χ3v) is 3.68. The zero-order valence-corrected chi connectivity index (χ0v) is 11.4. The summed E-state index contributed by atoms with van der Waals surface area (Å²) in [5, 5.41) is 0. The summed E-state index contributed by atoms with van der Waals surface area (Å²) in [7, 11) is 0. The van der Waals surface area contributed by atoms with E-state index in [4.69, 9.17) is 0 Å². The molecule has 0 amide bonds. The summed E-state index contributed by atoms with van der Waals surface area (Å²) in [6.07, 6.45) is 4.90. The standard InChI is InChI=1S/C14H27NO/c1-5-15(11-12-7-6-8-12)10-9-13(16)14(2,3)4/h12H,5-11H2,1-4H3. The summed E-state index contributed by atoms with van der Waals surface area (Å²) in [5.74, 6) is 1.30. The number of carbonyl (C=O) groups excluding carboxylic acids is 1. The maximum Gasteiger partial charge on any atom is 0.139 e. The fraction of sp³-hybridized carbons (Fsp3) is 0.929. The van der Waals surface area contributed by atoms with Crippen molar-refractivity contribution in [1.29, 1.82) is 0 Å². The highest BCUT2D eigenvalue weighted by molar-refractivity contribution is 5.83. The summed E-state index contributed by atoms with van der Waals surface area (Å²) < 4.78 is 0. The Bertz CT molecular complexity index is 225. The Hall–Kier alpha value is -0.370. The lowest BCUT2D eigenvalue weighted by Crippen LogP contribution is -2.35. The van der Waals surface area contributed by atoms with Crippen LogP contribution < -0.4 is 0 Å². The molecule has 0 aromatic carbocycles. The molecule has 16 heavy (non-hydrogen) atoms. The quantitative estimate of drug-likeness (QED) is 0.692. The van der Waals surface area contributed by atoms with Gasteiger partial charge in [-0.05, 0) is 25.3 Å². The fourth-order valence-electron chi connectivity index (χ4n) is 2.05. The molecule has 0 aromatic heterocycles. The van der Waals surface area contributed by atoms with E-state index in [2.05, 4.69) is 11.8 Å². The van der Waals surface area contributed by atoms with Crippen molar-refractivity contribution in [2.45, 2.75) is 53.4 Å². The average Bonchev–Trinajstić information content (AvgIpc) is 2.13. The van der Waals surface area contributed by atoms with Crippen LogP contribution in [0.15, 0.2) is 0 Å². The predicted molar refractivity (Wildman–Crippen MR) is 68.5 cm³/mol. The van der Waals surface area contributed by atoms with Crippen molar-refractivity contribution >= 4 is 5.78 Å². The monoisotopic (exact) mass is 225 g/mol. The second-order valence-electron chi connectivity index (χ2n) is 6.11. The molecule has 0 atom stereocenters. The molecule has 0 spiro atoms. The van der Waals surface area contributed by atoms with Crippen LogP contribution in [0.1, 0.15) is 53.4 Å². The van der Waals surface area contributed by atoms with Crippen molar-refractivity contribution in [3.05, 3.63) is 0 Å². The minimum Gasteiger partial charge on any atom is -0.303 e. The molecule has 1 rings (SSSR count). The van der Waals surface area contributed by atoms with E-state index in [-0.39, 0.29) is 5.41 Å². The molecule has 0 aromatic rings. The first-order valence-corrected chi connectivity index (χ1v) is 6.69. The Labute approximate surface area is 100 Å². The highest BCUT2D eigenvalue weighted by Crippen LogP contribution is 2.27. The summed E-state index contributed by atoms with van der Waals surface area (Å²) in [4.78, 5) is 14.3. The van der Waals surface area contributed by atoms with E-state index in [1.165, 1.54) is 25.8 Å². The van der Waals surface area contributed by atoms with Gasteiger partial charge < -0.3 is 4.90 Å². The zero-order chi connectivity index (χ0) is 12.2. The van der Waals surface area contributed by atoms with Crippen LogP contribution in [0.25, 0.3) is 0 Å². The minimum atomic E-state index is -0.171. The van der Waals surface area contributed by atoms with Gasteiger partial charge in [0.05, 0.1) is 0 Å². The molecular formula is C14H27NO. The number of Topliss-reactive ketones (excluding diaryl/α,β-unsaturated/α-hetero) is 1. The first-order chi connectivity index (χ1) is 7.43. The predicted octanol–water partition coefficient (Wildman–Crippen LogP) is 3.11. The lowest BCUT2D eigenvalue weighted by Gasteiger charge is -2.32. The number of hydrogen-bond acceptors (Lipinski definition) is 2. The Morgan fingerprint density at radius 1 is 1.31 bits per heavy atom. The molecule has 1 fully saturated rings. The fourth-order valence-corrected chi connectivity index (χ4v) is 2.05. The molecule has 1 saturated carbocycles. The van der Waals surface area contributed by atoms with Gasteiger partial charge in [-0.2, -0.15) is 0 Å². The van der Waals surface area contributed by atoms with Crippen molar-refractivity contribution in [2.75, 3.05) is 19.6 Å². The highest BCUT2D eigenvalue weighted by Gasteiger charge is 2.23. The molecule has 2 heteroatoms. The van der Waals surface area contributed by atoms with Crippen molar-refractivity contribution in [3.63, 3.8) is 0 Å². The number of hydrogen-bond donors (Lipinski definition) is 0. The smallest absolute Gasteiger partial charge is 0.139 e. The van der Waals surface area contributed by atoms with E-state index in [9.17, 15) is 4.79 Å². The topological polar surface area (TPSA) is 20.3 Å². The SMILES string of the molecule is CCN(CCC(=O)C(C)(C)C)CC1CCC1. The van der Waals surface area contributed by atoms with Gasteiger partial charge in [0.25, 0.3) is 0 Å². The van der Waals surface area contributed by atoms with Crippen LogP contribution >= 0.6 is 0 Å². The number of carbonyl (C=O) groups is 1. The third-order valence-electron chi connectivity index (χ3n) is 3.68. The zero-order valence-electron chi connectivity index (χ0n) is 11.4. The van der Waals surface area contributed by atoms with Crippen molar-refractivity contribution in [2.24, 2.45) is 11.3 Å². The van der Waals surface area contributed by atoms with Crippen molar-refractivity contribution in [3.8, 4) is 0 Å². The molecule has 0 saturated heterocycles. The second-order valence-corrected chi connectivity index (χ2v) is 6.11. The lowest BCUT2D eigenvalue weighted by atomic mass is 9.85. The van der Waals surface area contributed by atoms with Gasteiger partial charge in [0, 0.05) is 24.9 Å². The van der Waals surface area contributed by atoms with Gasteiger partial charge in [-0.3, -0.25) is 4.79 Å². The lowest BCUT2D eigenvalue weighted by molar-refractivity contribution is -0.126. The summed E-state index contributed by atoms with van der Waals surface area (Å²) >= 11 is 0. The molecule has 1 aliphatic carbocycles. The first-order valence-electron chi connectivity index (χ1n) is 6.69. The van der Waals surface area contributed by atoms with Crippen LogP contribution in [0, 0.1) is 11.3 Å². The van der Waals surface area contributed by atoms with E-state index in [1.54, 1.807) is 0 Å². The molecular weight excluding hydrogens is 198 g/mol. The summed E-state index contributed by atoms with van der Waals surface area (Å²) in [5.41, 5.74) is -0.171. The van der Waals surface area contributed by atoms with E-state index >= 15 is 0 Å². The number of ketones is 1. The van der Waals surface area contributed by atoms with Crippen LogP contribution in [-0.2, 0) is 4.79 Å². The Balaban J connectivity index is 2.25. The van der Waals surface area contributed by atoms with Gasteiger partial charge in [0.2, 0.25) is 0 Å². The molecule has 0 N–H and O–H groups in total.